The molecule has 92 valence electrons. The zero-order chi connectivity index (χ0) is 12.3. The molecule has 3 nitrogen and oxygen atoms in total. The second-order valence-electron chi connectivity index (χ2n) is 4.36. The molecule has 0 amide bonds. The van der Waals surface area contributed by atoms with Crippen molar-refractivity contribution >= 4 is 38.5 Å². The molecule has 1 aromatic rings. The maximum Gasteiger partial charge on any atom is 0.0739 e. The average molecular weight is 400 g/mol. The van der Waals surface area contributed by atoms with Crippen molar-refractivity contribution in [1.82, 2.24) is 15.1 Å². The molecule has 0 saturated heterocycles. The highest BCUT2D eigenvalue weighted by atomic mass is 127. The molecule has 16 heavy (non-hydrogen) atoms. The van der Waals surface area contributed by atoms with Crippen LogP contribution in [0.2, 0.25) is 0 Å². The summed E-state index contributed by atoms with van der Waals surface area (Å²) in [6, 6.07) is 0.558. The van der Waals surface area contributed by atoms with Crippen LogP contribution in [0.4, 0.5) is 0 Å². The van der Waals surface area contributed by atoms with E-state index >= 15 is 0 Å². The van der Waals surface area contributed by atoms with Crippen molar-refractivity contribution < 1.29 is 0 Å². The molecule has 0 spiro atoms. The van der Waals surface area contributed by atoms with Crippen molar-refractivity contribution in [3.8, 4) is 0 Å². The molecule has 0 saturated carbocycles. The van der Waals surface area contributed by atoms with E-state index < -0.39 is 0 Å². The molecule has 0 fully saturated rings. The standard InChI is InChI=1S/C11H19BrIN3/c1-7(2)9(5-13)14-6-10-11(12)8(3)15-16(10)4/h7,9,14H,5-6H2,1-4H3. The molecule has 1 unspecified atom stereocenters. The van der Waals surface area contributed by atoms with Gasteiger partial charge >= 0.3 is 0 Å². The third-order valence-corrected chi connectivity index (χ3v) is 4.74. The number of rotatable bonds is 5. The van der Waals surface area contributed by atoms with Crippen LogP contribution in [0.15, 0.2) is 4.47 Å². The summed E-state index contributed by atoms with van der Waals surface area (Å²) in [6.45, 7) is 7.38. The second-order valence-corrected chi connectivity index (χ2v) is 6.03. The predicted molar refractivity (Wildman–Crippen MR) is 80.0 cm³/mol. The van der Waals surface area contributed by atoms with Crippen molar-refractivity contribution in [2.24, 2.45) is 13.0 Å². The summed E-state index contributed by atoms with van der Waals surface area (Å²) in [5.41, 5.74) is 2.27. The molecule has 0 aliphatic rings. The maximum absolute atomic E-state index is 4.39. The van der Waals surface area contributed by atoms with Gasteiger partial charge in [-0.15, -0.1) is 0 Å². The van der Waals surface area contributed by atoms with Gasteiger partial charge in [0.1, 0.15) is 0 Å². The molecule has 0 radical (unpaired) electrons. The molecule has 1 aromatic heterocycles. The minimum atomic E-state index is 0.558. The first-order valence-corrected chi connectivity index (χ1v) is 7.76. The fourth-order valence-electron chi connectivity index (χ4n) is 1.57. The Labute approximate surface area is 120 Å². The van der Waals surface area contributed by atoms with E-state index in [9.17, 15) is 0 Å². The normalized spacial score (nSPS) is 13.4. The third kappa shape index (κ3) is 3.43. The van der Waals surface area contributed by atoms with Crippen molar-refractivity contribution in [3.63, 3.8) is 0 Å². The first kappa shape index (κ1) is 14.4. The second kappa shape index (κ2) is 6.35. The van der Waals surface area contributed by atoms with E-state index in [-0.39, 0.29) is 0 Å². The lowest BCUT2D eigenvalue weighted by molar-refractivity contribution is 0.429. The lowest BCUT2D eigenvalue weighted by atomic mass is 10.1. The Kier molecular flexibility index (Phi) is 5.73. The molecular formula is C11H19BrIN3. The summed E-state index contributed by atoms with van der Waals surface area (Å²) < 4.78 is 4.19. The Hall–Kier alpha value is 0.380. The van der Waals surface area contributed by atoms with Crippen molar-refractivity contribution in [3.05, 3.63) is 15.9 Å². The maximum atomic E-state index is 4.39. The highest BCUT2D eigenvalue weighted by Gasteiger charge is 2.14. The van der Waals surface area contributed by atoms with Crippen LogP contribution in [-0.2, 0) is 13.6 Å². The van der Waals surface area contributed by atoms with Gasteiger partial charge in [0.25, 0.3) is 0 Å². The lowest BCUT2D eigenvalue weighted by Crippen LogP contribution is -2.35. The minimum Gasteiger partial charge on any atom is -0.307 e. The summed E-state index contributed by atoms with van der Waals surface area (Å²) in [4.78, 5) is 0. The fourth-order valence-corrected chi connectivity index (χ4v) is 3.37. The Morgan fingerprint density at radius 2 is 2.12 bits per heavy atom. The number of hydrogen-bond acceptors (Lipinski definition) is 2. The van der Waals surface area contributed by atoms with Gasteiger partial charge in [-0.1, -0.05) is 36.4 Å². The van der Waals surface area contributed by atoms with Gasteiger partial charge in [-0.25, -0.2) is 0 Å². The number of aryl methyl sites for hydroxylation is 2. The highest BCUT2D eigenvalue weighted by molar-refractivity contribution is 14.1. The first-order chi connectivity index (χ1) is 7.47. The van der Waals surface area contributed by atoms with Crippen LogP contribution in [0.5, 0.6) is 0 Å². The van der Waals surface area contributed by atoms with Crippen molar-refractivity contribution in [2.45, 2.75) is 33.4 Å². The van der Waals surface area contributed by atoms with E-state index in [1.54, 1.807) is 0 Å². The smallest absolute Gasteiger partial charge is 0.0739 e. The zero-order valence-corrected chi connectivity index (χ0v) is 14.0. The number of alkyl halides is 1. The fraction of sp³-hybridized carbons (Fsp3) is 0.727. The van der Waals surface area contributed by atoms with E-state index in [0.29, 0.717) is 12.0 Å². The van der Waals surface area contributed by atoms with Crippen molar-refractivity contribution in [2.75, 3.05) is 4.43 Å². The van der Waals surface area contributed by atoms with Gasteiger partial charge < -0.3 is 5.32 Å². The van der Waals surface area contributed by atoms with Gasteiger partial charge in [-0.3, -0.25) is 4.68 Å². The minimum absolute atomic E-state index is 0.558. The highest BCUT2D eigenvalue weighted by Crippen LogP contribution is 2.20. The number of aromatic nitrogens is 2. The molecule has 1 heterocycles. The van der Waals surface area contributed by atoms with Gasteiger partial charge in [0.2, 0.25) is 0 Å². The molecule has 0 bridgehead atoms. The Morgan fingerprint density at radius 3 is 2.50 bits per heavy atom. The molecule has 5 heteroatoms. The summed E-state index contributed by atoms with van der Waals surface area (Å²) in [7, 11) is 1.99. The quantitative estimate of drug-likeness (QED) is 0.609. The van der Waals surface area contributed by atoms with Gasteiger partial charge in [0, 0.05) is 24.1 Å². The Morgan fingerprint density at radius 1 is 1.50 bits per heavy atom. The van der Waals surface area contributed by atoms with Crippen molar-refractivity contribution in [1.29, 1.82) is 0 Å². The van der Waals surface area contributed by atoms with Crippen LogP contribution in [0.1, 0.15) is 25.2 Å². The molecule has 0 aliphatic carbocycles. The molecule has 0 aromatic carbocycles. The van der Waals surface area contributed by atoms with E-state index in [2.05, 4.69) is 62.8 Å². The average Bonchev–Trinajstić information content (AvgIpc) is 2.44. The molecule has 1 atom stereocenters. The first-order valence-electron chi connectivity index (χ1n) is 5.44. The molecule has 1 N–H and O–H groups in total. The summed E-state index contributed by atoms with van der Waals surface area (Å²) >= 11 is 6.02. The zero-order valence-electron chi connectivity index (χ0n) is 10.2. The van der Waals surface area contributed by atoms with Gasteiger partial charge in [0.05, 0.1) is 15.9 Å². The van der Waals surface area contributed by atoms with E-state index in [1.165, 1.54) is 5.69 Å². The van der Waals surface area contributed by atoms with E-state index in [4.69, 9.17) is 0 Å². The van der Waals surface area contributed by atoms with Crippen LogP contribution in [-0.4, -0.2) is 20.2 Å². The largest absolute Gasteiger partial charge is 0.307 e. The summed E-state index contributed by atoms with van der Waals surface area (Å²) in [5.74, 6) is 0.657. The Balaban J connectivity index is 2.67. The van der Waals surface area contributed by atoms with Gasteiger partial charge in [-0.2, -0.15) is 5.10 Å². The van der Waals surface area contributed by atoms with Crippen LogP contribution in [0, 0.1) is 12.8 Å². The molecule has 1 rings (SSSR count). The third-order valence-electron chi connectivity index (χ3n) is 2.76. The van der Waals surface area contributed by atoms with Crippen LogP contribution >= 0.6 is 38.5 Å². The summed E-state index contributed by atoms with van der Waals surface area (Å²) in [5, 5.41) is 7.97. The monoisotopic (exact) mass is 399 g/mol. The van der Waals surface area contributed by atoms with Crippen LogP contribution < -0.4 is 5.32 Å². The van der Waals surface area contributed by atoms with E-state index in [0.717, 1.165) is 21.1 Å². The number of hydrogen-bond donors (Lipinski definition) is 1. The molecular weight excluding hydrogens is 381 g/mol. The Bertz CT molecular complexity index is 349. The van der Waals surface area contributed by atoms with Crippen LogP contribution in [0.25, 0.3) is 0 Å². The van der Waals surface area contributed by atoms with Gasteiger partial charge in [0.15, 0.2) is 0 Å². The SMILES string of the molecule is Cc1nn(C)c(CNC(CI)C(C)C)c1Br. The number of nitrogens with zero attached hydrogens (tertiary/aromatic N) is 2. The predicted octanol–water partition coefficient (Wildman–Crippen LogP) is 3.04. The number of nitrogens with one attached hydrogen (secondary N) is 1. The summed E-state index contributed by atoms with van der Waals surface area (Å²) in [6.07, 6.45) is 0. The number of halogens is 2. The topological polar surface area (TPSA) is 29.9 Å². The van der Waals surface area contributed by atoms with E-state index in [1.807, 2.05) is 18.7 Å². The van der Waals surface area contributed by atoms with Gasteiger partial charge in [-0.05, 0) is 28.8 Å². The van der Waals surface area contributed by atoms with Crippen LogP contribution in [0.3, 0.4) is 0 Å². The molecule has 0 aliphatic heterocycles. The lowest BCUT2D eigenvalue weighted by Gasteiger charge is -2.20.